The van der Waals surface area contributed by atoms with E-state index in [9.17, 15) is 9.59 Å². The van der Waals surface area contributed by atoms with Crippen molar-refractivity contribution in [1.82, 2.24) is 0 Å². The van der Waals surface area contributed by atoms with Gasteiger partial charge in [-0.2, -0.15) is 0 Å². The normalized spacial score (nSPS) is 12.6. The fourth-order valence-electron chi connectivity index (χ4n) is 8.88. The quantitative estimate of drug-likeness (QED) is 0.0424. The molecular formula is C53H78O4Si2. The minimum atomic E-state index is -1.46. The van der Waals surface area contributed by atoms with Gasteiger partial charge in [0.05, 0.1) is 42.2 Å². The fourth-order valence-corrected chi connectivity index (χ4v) is 17.1. The van der Waals surface area contributed by atoms with Crippen molar-refractivity contribution in [2.75, 3.05) is 14.2 Å². The van der Waals surface area contributed by atoms with Gasteiger partial charge in [-0.3, -0.25) is 9.59 Å². The minimum Gasteiger partial charge on any atom is -0.469 e. The standard InChI is InChI=1S/C27H40O2Si.C26H38O2Si/c1-6-25(27(28)29-5)21-24-16-18-26(19-17-24)30(7-2,8-3)20-10-9-11-23-14-12-22(4)13-15-23;1-6-29(7-2,19-9-8-10-23-13-11-21(3)12-14-23)25-17-15-24(16-18-25)20-22(4)26(27)28-5/h12-19,25H,6-11,20-21H2,1-5H3;11-18,22H,6-10,19-20H2,1-5H3/t25-;22-/m00/s1. The lowest BCUT2D eigenvalue weighted by Crippen LogP contribution is -2.46. The van der Waals surface area contributed by atoms with Crippen molar-refractivity contribution in [1.29, 1.82) is 0 Å². The number of carbonyl (C=O) groups excluding carboxylic acids is 2. The first-order chi connectivity index (χ1) is 28.4. The SMILES string of the molecule is CC[C@@H](Cc1ccc([Si](CC)(CC)CCCCc2ccc(C)cc2)cc1)C(=O)OC.CC[Si](CC)(CCCCc1ccc(C)cc1)c1ccc(C[C@H](C)C(=O)OC)cc1. The Kier molecular flexibility index (Phi) is 21.7. The van der Waals surface area contributed by atoms with E-state index in [1.165, 1.54) is 122 Å². The van der Waals surface area contributed by atoms with Crippen molar-refractivity contribution in [3.8, 4) is 0 Å². The van der Waals surface area contributed by atoms with Gasteiger partial charge in [-0.05, 0) is 81.0 Å². The highest BCUT2D eigenvalue weighted by Crippen LogP contribution is 2.26. The Balaban J connectivity index is 0.000000316. The Morgan fingerprint density at radius 3 is 1.19 bits per heavy atom. The molecule has 0 radical (unpaired) electrons. The summed E-state index contributed by atoms with van der Waals surface area (Å²) < 4.78 is 9.81. The summed E-state index contributed by atoms with van der Waals surface area (Å²) in [4.78, 5) is 23.6. The summed E-state index contributed by atoms with van der Waals surface area (Å²) in [6.45, 7) is 17.8. The third-order valence-corrected chi connectivity index (χ3v) is 24.6. The molecule has 0 saturated heterocycles. The van der Waals surface area contributed by atoms with E-state index in [1.807, 2.05) is 6.92 Å². The van der Waals surface area contributed by atoms with Crippen LogP contribution in [0.25, 0.3) is 0 Å². The second-order valence-electron chi connectivity index (χ2n) is 17.2. The Morgan fingerprint density at radius 2 is 0.847 bits per heavy atom. The number of hydrogen-bond acceptors (Lipinski definition) is 4. The number of ether oxygens (including phenoxy) is 2. The lowest BCUT2D eigenvalue weighted by molar-refractivity contribution is -0.146. The van der Waals surface area contributed by atoms with E-state index in [0.29, 0.717) is 0 Å². The van der Waals surface area contributed by atoms with E-state index >= 15 is 0 Å². The van der Waals surface area contributed by atoms with Crippen molar-refractivity contribution in [2.24, 2.45) is 11.8 Å². The molecular weight excluding hydrogens is 757 g/mol. The molecule has 322 valence electrons. The van der Waals surface area contributed by atoms with E-state index in [1.54, 1.807) is 10.4 Å². The largest absolute Gasteiger partial charge is 0.469 e. The molecule has 6 heteroatoms. The number of esters is 2. The Labute approximate surface area is 362 Å². The van der Waals surface area contributed by atoms with E-state index in [4.69, 9.17) is 9.47 Å². The van der Waals surface area contributed by atoms with Crippen LogP contribution in [-0.2, 0) is 44.7 Å². The lowest BCUT2D eigenvalue weighted by atomic mass is 9.97. The van der Waals surface area contributed by atoms with Crippen LogP contribution >= 0.6 is 0 Å². The van der Waals surface area contributed by atoms with E-state index < -0.39 is 16.1 Å². The summed E-state index contributed by atoms with van der Waals surface area (Å²) in [6, 6.07) is 44.3. The van der Waals surface area contributed by atoms with Crippen LogP contribution in [0, 0.1) is 25.7 Å². The first-order valence-electron chi connectivity index (χ1n) is 22.9. The zero-order chi connectivity index (χ0) is 43.3. The van der Waals surface area contributed by atoms with Crippen LogP contribution in [0.15, 0.2) is 97.1 Å². The number of rotatable bonds is 23. The van der Waals surface area contributed by atoms with Crippen LogP contribution in [0.3, 0.4) is 0 Å². The van der Waals surface area contributed by atoms with Crippen LogP contribution in [0.1, 0.15) is 107 Å². The molecule has 0 aromatic heterocycles. The maximum Gasteiger partial charge on any atom is 0.308 e. The average Bonchev–Trinajstić information content (AvgIpc) is 3.27. The lowest BCUT2D eigenvalue weighted by Gasteiger charge is -2.30. The summed E-state index contributed by atoms with van der Waals surface area (Å²) in [7, 11) is 0.0350. The van der Waals surface area contributed by atoms with Gasteiger partial charge in [-0.15, -0.1) is 0 Å². The van der Waals surface area contributed by atoms with Crippen LogP contribution in [0.4, 0.5) is 0 Å². The molecule has 0 unspecified atom stereocenters. The average molecular weight is 835 g/mol. The van der Waals surface area contributed by atoms with Gasteiger partial charge >= 0.3 is 11.9 Å². The van der Waals surface area contributed by atoms with Crippen molar-refractivity contribution >= 4 is 38.5 Å². The van der Waals surface area contributed by atoms with Gasteiger partial charge in [0.15, 0.2) is 0 Å². The van der Waals surface area contributed by atoms with Gasteiger partial charge in [0, 0.05) is 0 Å². The highest BCUT2D eigenvalue weighted by molar-refractivity contribution is 6.92. The predicted molar refractivity (Wildman–Crippen MR) is 258 cm³/mol. The number of methoxy groups -OCH3 is 2. The first-order valence-corrected chi connectivity index (χ1v) is 28.1. The molecule has 59 heavy (non-hydrogen) atoms. The second-order valence-corrected chi connectivity index (χ2v) is 27.3. The molecule has 0 heterocycles. The van der Waals surface area contributed by atoms with Gasteiger partial charge in [0.2, 0.25) is 0 Å². The summed E-state index contributed by atoms with van der Waals surface area (Å²) in [5.74, 6) is -0.358. The highest BCUT2D eigenvalue weighted by atomic mass is 28.3. The molecule has 2 atom stereocenters. The molecule has 0 N–H and O–H groups in total. The van der Waals surface area contributed by atoms with Gasteiger partial charge in [-0.25, -0.2) is 0 Å². The van der Waals surface area contributed by atoms with Crippen LogP contribution in [-0.4, -0.2) is 42.3 Å². The van der Waals surface area contributed by atoms with E-state index in [2.05, 4.69) is 146 Å². The first kappa shape index (κ1) is 49.6. The maximum atomic E-state index is 11.9. The molecule has 0 aliphatic heterocycles. The zero-order valence-corrected chi connectivity index (χ0v) is 40.6. The Bertz CT molecular complexity index is 1770. The van der Waals surface area contributed by atoms with Gasteiger partial charge in [0.25, 0.3) is 0 Å². The van der Waals surface area contributed by atoms with Crippen molar-refractivity contribution < 1.29 is 19.1 Å². The number of aryl methyl sites for hydroxylation is 4. The van der Waals surface area contributed by atoms with Crippen LogP contribution < -0.4 is 10.4 Å². The van der Waals surface area contributed by atoms with Crippen molar-refractivity contribution in [3.05, 3.63) is 130 Å². The molecule has 0 fully saturated rings. The van der Waals surface area contributed by atoms with E-state index in [-0.39, 0.29) is 23.8 Å². The van der Waals surface area contributed by atoms with Crippen molar-refractivity contribution in [3.63, 3.8) is 0 Å². The molecule has 0 amide bonds. The fraction of sp³-hybridized carbons (Fsp3) is 0.509. The van der Waals surface area contributed by atoms with Gasteiger partial charge in [0.1, 0.15) is 0 Å². The number of carbonyl (C=O) groups is 2. The predicted octanol–water partition coefficient (Wildman–Crippen LogP) is 12.5. The Hall–Kier alpha value is -3.75. The van der Waals surface area contributed by atoms with Gasteiger partial charge < -0.3 is 9.47 Å². The van der Waals surface area contributed by atoms with Crippen LogP contribution in [0.2, 0.25) is 36.3 Å². The molecule has 0 aliphatic rings. The minimum absolute atomic E-state index is 0.0398. The molecule has 4 rings (SSSR count). The number of benzene rings is 4. The zero-order valence-electron chi connectivity index (χ0n) is 38.6. The number of unbranched alkanes of at least 4 members (excludes halogenated alkanes) is 2. The molecule has 0 spiro atoms. The summed E-state index contributed by atoms with van der Waals surface area (Å²) in [6.07, 6.45) is 9.86. The molecule has 0 bridgehead atoms. The molecule has 4 nitrogen and oxygen atoms in total. The second kappa shape index (κ2) is 25.8. The third kappa shape index (κ3) is 15.3. The van der Waals surface area contributed by atoms with Gasteiger partial charge in [-0.1, -0.05) is 209 Å². The monoisotopic (exact) mass is 835 g/mol. The molecule has 0 aliphatic carbocycles. The molecule has 4 aromatic rings. The van der Waals surface area contributed by atoms with Crippen molar-refractivity contribution in [2.45, 2.75) is 149 Å². The van der Waals surface area contributed by atoms with E-state index in [0.717, 1.165) is 19.3 Å². The number of hydrogen-bond donors (Lipinski definition) is 0. The Morgan fingerprint density at radius 1 is 0.492 bits per heavy atom. The third-order valence-electron chi connectivity index (χ3n) is 13.5. The molecule has 4 aromatic carbocycles. The smallest absolute Gasteiger partial charge is 0.308 e. The molecule has 0 saturated carbocycles. The summed E-state index contributed by atoms with van der Waals surface area (Å²) in [5, 5.41) is 3.16. The highest BCUT2D eigenvalue weighted by Gasteiger charge is 2.32. The summed E-state index contributed by atoms with van der Waals surface area (Å²) in [5.41, 5.74) is 8.05. The topological polar surface area (TPSA) is 52.6 Å². The maximum absolute atomic E-state index is 11.9. The summed E-state index contributed by atoms with van der Waals surface area (Å²) >= 11 is 0. The van der Waals surface area contributed by atoms with Crippen LogP contribution in [0.5, 0.6) is 0 Å².